The van der Waals surface area contributed by atoms with Crippen molar-refractivity contribution >= 4 is 8.07 Å². The Morgan fingerprint density at radius 2 is 1.93 bits per heavy atom. The standard InChI is InChI=1S/C12H22OSi/c1-14(2,3)10-8-6-4-5-7-9-12-11-13-12/h12H,4-7,9,11H2,1-3H3/t12-/m0/s1. The van der Waals surface area contributed by atoms with Gasteiger partial charge in [-0.15, -0.1) is 11.5 Å². The van der Waals surface area contributed by atoms with Gasteiger partial charge >= 0.3 is 0 Å². The van der Waals surface area contributed by atoms with Gasteiger partial charge in [0.05, 0.1) is 12.7 Å². The molecule has 0 amide bonds. The number of rotatable bonds is 5. The molecule has 0 aromatic heterocycles. The topological polar surface area (TPSA) is 12.5 Å². The van der Waals surface area contributed by atoms with E-state index in [0.29, 0.717) is 6.10 Å². The van der Waals surface area contributed by atoms with Gasteiger partial charge < -0.3 is 4.74 Å². The molecule has 0 aromatic rings. The second-order valence-corrected chi connectivity index (χ2v) is 9.86. The van der Waals surface area contributed by atoms with Gasteiger partial charge in [0.25, 0.3) is 0 Å². The highest BCUT2D eigenvalue weighted by molar-refractivity contribution is 6.83. The third kappa shape index (κ3) is 7.17. The summed E-state index contributed by atoms with van der Waals surface area (Å²) in [7, 11) is -1.11. The predicted octanol–water partition coefficient (Wildman–Crippen LogP) is 3.22. The highest BCUT2D eigenvalue weighted by Gasteiger charge is 2.20. The lowest BCUT2D eigenvalue weighted by atomic mass is 10.1. The molecule has 1 heterocycles. The first-order valence-corrected chi connectivity index (χ1v) is 9.19. The van der Waals surface area contributed by atoms with Crippen molar-refractivity contribution in [2.75, 3.05) is 6.61 Å². The fraction of sp³-hybridized carbons (Fsp3) is 0.833. The minimum absolute atomic E-state index is 0.614. The van der Waals surface area contributed by atoms with Crippen molar-refractivity contribution in [3.63, 3.8) is 0 Å². The van der Waals surface area contributed by atoms with Crippen molar-refractivity contribution in [3.8, 4) is 11.5 Å². The first-order valence-electron chi connectivity index (χ1n) is 5.69. The molecule has 1 rings (SSSR count). The van der Waals surface area contributed by atoms with Crippen LogP contribution in [0.15, 0.2) is 0 Å². The Bertz CT molecular complexity index is 215. The summed E-state index contributed by atoms with van der Waals surface area (Å²) >= 11 is 0. The smallest absolute Gasteiger partial charge is 0.129 e. The maximum atomic E-state index is 5.16. The van der Waals surface area contributed by atoms with Crippen molar-refractivity contribution in [1.29, 1.82) is 0 Å². The van der Waals surface area contributed by atoms with Gasteiger partial charge in [0.15, 0.2) is 0 Å². The Kier molecular flexibility index (Phi) is 4.70. The minimum Gasteiger partial charge on any atom is -0.373 e. The molecule has 0 N–H and O–H groups in total. The Hall–Kier alpha value is -0.263. The van der Waals surface area contributed by atoms with E-state index >= 15 is 0 Å². The molecular formula is C12H22OSi. The quantitative estimate of drug-likeness (QED) is 0.294. The summed E-state index contributed by atoms with van der Waals surface area (Å²) in [4.78, 5) is 0. The molecule has 80 valence electrons. The summed E-state index contributed by atoms with van der Waals surface area (Å²) < 4.78 is 5.16. The molecule has 0 aliphatic carbocycles. The van der Waals surface area contributed by atoms with Crippen LogP contribution >= 0.6 is 0 Å². The van der Waals surface area contributed by atoms with Crippen LogP contribution in [0.4, 0.5) is 0 Å². The van der Waals surface area contributed by atoms with Gasteiger partial charge in [0, 0.05) is 6.42 Å². The van der Waals surface area contributed by atoms with E-state index < -0.39 is 8.07 Å². The molecule has 1 saturated heterocycles. The van der Waals surface area contributed by atoms with Gasteiger partial charge in [-0.1, -0.05) is 32.5 Å². The highest BCUT2D eigenvalue weighted by atomic mass is 28.3. The fourth-order valence-corrected chi connectivity index (χ4v) is 1.98. The van der Waals surface area contributed by atoms with Gasteiger partial charge in [-0.2, -0.15) is 0 Å². The van der Waals surface area contributed by atoms with E-state index in [0.717, 1.165) is 13.0 Å². The number of ether oxygens (including phenoxy) is 1. The van der Waals surface area contributed by atoms with E-state index in [2.05, 4.69) is 31.1 Å². The van der Waals surface area contributed by atoms with Gasteiger partial charge in [0.1, 0.15) is 8.07 Å². The van der Waals surface area contributed by atoms with Crippen molar-refractivity contribution in [2.24, 2.45) is 0 Å². The molecule has 0 aromatic carbocycles. The third-order valence-corrected chi connectivity index (χ3v) is 3.12. The second-order valence-electron chi connectivity index (χ2n) is 5.11. The molecule has 2 heteroatoms. The molecule has 0 bridgehead atoms. The SMILES string of the molecule is C[Si](C)(C)C#CCCCCC[C@H]1CO1. The van der Waals surface area contributed by atoms with E-state index in [1.165, 1.54) is 25.7 Å². The van der Waals surface area contributed by atoms with E-state index in [1.807, 2.05) is 0 Å². The zero-order valence-corrected chi connectivity index (χ0v) is 10.7. The predicted molar refractivity (Wildman–Crippen MR) is 63.9 cm³/mol. The molecule has 1 nitrogen and oxygen atoms in total. The van der Waals surface area contributed by atoms with Gasteiger partial charge in [-0.3, -0.25) is 0 Å². The van der Waals surface area contributed by atoms with Crippen LogP contribution in [0.2, 0.25) is 19.6 Å². The molecule has 0 radical (unpaired) electrons. The third-order valence-electron chi connectivity index (χ3n) is 2.19. The van der Waals surface area contributed by atoms with Crippen molar-refractivity contribution in [3.05, 3.63) is 0 Å². The number of unbranched alkanes of at least 4 members (excludes halogenated alkanes) is 3. The van der Waals surface area contributed by atoms with Crippen LogP contribution < -0.4 is 0 Å². The fourth-order valence-electron chi connectivity index (χ4n) is 1.32. The largest absolute Gasteiger partial charge is 0.373 e. The van der Waals surface area contributed by atoms with Crippen molar-refractivity contribution in [2.45, 2.75) is 57.8 Å². The zero-order valence-electron chi connectivity index (χ0n) is 9.73. The molecule has 14 heavy (non-hydrogen) atoms. The molecule has 1 aliphatic rings. The lowest BCUT2D eigenvalue weighted by molar-refractivity contribution is 0.388. The van der Waals surface area contributed by atoms with E-state index in [4.69, 9.17) is 4.74 Å². The van der Waals surface area contributed by atoms with Crippen LogP contribution in [-0.2, 0) is 4.74 Å². The van der Waals surface area contributed by atoms with Crippen LogP contribution in [-0.4, -0.2) is 20.8 Å². The van der Waals surface area contributed by atoms with Crippen LogP contribution in [0.25, 0.3) is 0 Å². The van der Waals surface area contributed by atoms with Gasteiger partial charge in [0.2, 0.25) is 0 Å². The normalized spacial score (nSPS) is 20.1. The van der Waals surface area contributed by atoms with Crippen LogP contribution in [0.3, 0.4) is 0 Å². The van der Waals surface area contributed by atoms with Crippen LogP contribution in [0, 0.1) is 11.5 Å². The summed E-state index contributed by atoms with van der Waals surface area (Å²) in [5.74, 6) is 3.31. The average molecular weight is 210 g/mol. The zero-order chi connectivity index (χ0) is 10.4. The van der Waals surface area contributed by atoms with Crippen molar-refractivity contribution in [1.82, 2.24) is 0 Å². The molecule has 0 spiro atoms. The lowest BCUT2D eigenvalue weighted by Crippen LogP contribution is -2.16. The summed E-state index contributed by atoms with van der Waals surface area (Å²) in [6, 6.07) is 0. The van der Waals surface area contributed by atoms with Crippen molar-refractivity contribution < 1.29 is 4.74 Å². The second kappa shape index (κ2) is 5.58. The molecule has 1 fully saturated rings. The van der Waals surface area contributed by atoms with Crippen LogP contribution in [0.5, 0.6) is 0 Å². The Morgan fingerprint density at radius 3 is 2.50 bits per heavy atom. The molecular weight excluding hydrogens is 188 g/mol. The molecule has 1 aliphatic heterocycles. The summed E-state index contributed by atoms with van der Waals surface area (Å²) in [6.45, 7) is 7.90. The maximum Gasteiger partial charge on any atom is 0.129 e. The summed E-state index contributed by atoms with van der Waals surface area (Å²) in [5, 5.41) is 0. The number of hydrogen-bond acceptors (Lipinski definition) is 1. The number of hydrogen-bond donors (Lipinski definition) is 0. The highest BCUT2D eigenvalue weighted by Crippen LogP contribution is 2.17. The van der Waals surface area contributed by atoms with Gasteiger partial charge in [-0.05, 0) is 12.8 Å². The van der Waals surface area contributed by atoms with E-state index in [1.54, 1.807) is 0 Å². The molecule has 0 saturated carbocycles. The maximum absolute atomic E-state index is 5.16. The molecule has 0 unspecified atom stereocenters. The average Bonchev–Trinajstić information content (AvgIpc) is 2.84. The summed E-state index contributed by atoms with van der Waals surface area (Å²) in [6.07, 6.45) is 6.88. The molecule has 1 atom stereocenters. The van der Waals surface area contributed by atoms with Gasteiger partial charge in [-0.25, -0.2) is 0 Å². The van der Waals surface area contributed by atoms with Crippen LogP contribution in [0.1, 0.15) is 32.1 Å². The lowest BCUT2D eigenvalue weighted by Gasteiger charge is -2.03. The first kappa shape index (κ1) is 11.8. The Morgan fingerprint density at radius 1 is 1.21 bits per heavy atom. The van der Waals surface area contributed by atoms with E-state index in [9.17, 15) is 0 Å². The number of epoxide rings is 1. The monoisotopic (exact) mass is 210 g/mol. The minimum atomic E-state index is -1.11. The van der Waals surface area contributed by atoms with E-state index in [-0.39, 0.29) is 0 Å². The Labute approximate surface area is 89.2 Å². The summed E-state index contributed by atoms with van der Waals surface area (Å²) in [5.41, 5.74) is 3.40. The first-order chi connectivity index (χ1) is 6.58. The Balaban J connectivity index is 1.89.